The van der Waals surface area contributed by atoms with Gasteiger partial charge in [-0.3, -0.25) is 9.79 Å². The highest BCUT2D eigenvalue weighted by Gasteiger charge is 2.25. The number of guanidine groups is 1. The molecule has 2 aromatic carbocycles. The van der Waals surface area contributed by atoms with Crippen molar-refractivity contribution in [3.63, 3.8) is 0 Å². The number of carbonyl (C=O) groups is 1. The number of hydrogen-bond donors (Lipinski definition) is 3. The Bertz CT molecular complexity index is 878. The zero-order valence-corrected chi connectivity index (χ0v) is 20.8. The van der Waals surface area contributed by atoms with E-state index in [2.05, 4.69) is 31.9 Å². The van der Waals surface area contributed by atoms with Crippen LogP contribution in [0.2, 0.25) is 5.02 Å². The standard InChI is InChI=1S/C22H28ClN5O2.HI/c1-24-22(26-13-12-25-21(29)16-7-9-17(23)10-8-16)27-18-11-14-28(15-18)19-5-3-4-6-20(19)30-2;/h3-10,18H,11-15H2,1-2H3,(H,25,29)(H2,24,26,27);1H. The molecule has 1 saturated heterocycles. The van der Waals surface area contributed by atoms with E-state index in [1.807, 2.05) is 18.2 Å². The first-order chi connectivity index (χ1) is 14.6. The third-order valence-corrected chi connectivity index (χ3v) is 5.24. The third kappa shape index (κ3) is 7.17. The number of amides is 1. The van der Waals surface area contributed by atoms with Gasteiger partial charge in [-0.1, -0.05) is 23.7 Å². The summed E-state index contributed by atoms with van der Waals surface area (Å²) in [6.45, 7) is 2.88. The Morgan fingerprint density at radius 2 is 1.87 bits per heavy atom. The van der Waals surface area contributed by atoms with Crippen molar-refractivity contribution >= 4 is 53.1 Å². The smallest absolute Gasteiger partial charge is 0.251 e. The van der Waals surface area contributed by atoms with Gasteiger partial charge in [0.2, 0.25) is 0 Å². The predicted molar refractivity (Wildman–Crippen MR) is 137 cm³/mol. The minimum Gasteiger partial charge on any atom is -0.495 e. The van der Waals surface area contributed by atoms with Crippen LogP contribution in [-0.2, 0) is 0 Å². The number of hydrogen-bond acceptors (Lipinski definition) is 4. The van der Waals surface area contributed by atoms with E-state index in [1.165, 1.54) is 0 Å². The molecule has 0 radical (unpaired) electrons. The second-order valence-corrected chi connectivity index (χ2v) is 7.45. The fourth-order valence-electron chi connectivity index (χ4n) is 3.44. The molecule has 1 aliphatic rings. The summed E-state index contributed by atoms with van der Waals surface area (Å²) in [5.41, 5.74) is 1.70. The summed E-state index contributed by atoms with van der Waals surface area (Å²) in [5, 5.41) is 10.2. The molecule has 1 amide bonds. The first-order valence-electron chi connectivity index (χ1n) is 9.99. The lowest BCUT2D eigenvalue weighted by molar-refractivity contribution is 0.0954. The molecule has 0 aliphatic carbocycles. The molecule has 2 aromatic rings. The minimum absolute atomic E-state index is 0. The number of nitrogens with zero attached hydrogens (tertiary/aromatic N) is 2. The SMILES string of the molecule is CN=C(NCCNC(=O)c1ccc(Cl)cc1)NC1CCN(c2ccccc2OC)C1.I. The first-order valence-corrected chi connectivity index (χ1v) is 10.4. The summed E-state index contributed by atoms with van der Waals surface area (Å²) in [5.74, 6) is 1.49. The van der Waals surface area contributed by atoms with Gasteiger partial charge in [0.15, 0.2) is 5.96 Å². The molecule has 7 nitrogen and oxygen atoms in total. The highest BCUT2D eigenvalue weighted by molar-refractivity contribution is 14.0. The normalized spacial score (nSPS) is 15.8. The molecular weight excluding hydrogens is 529 g/mol. The van der Waals surface area contributed by atoms with Gasteiger partial charge >= 0.3 is 0 Å². The number of para-hydroxylation sites is 2. The van der Waals surface area contributed by atoms with Gasteiger partial charge in [-0.15, -0.1) is 24.0 Å². The topological polar surface area (TPSA) is 78.0 Å². The predicted octanol–water partition coefficient (Wildman–Crippen LogP) is 3.14. The number of benzene rings is 2. The number of nitrogens with one attached hydrogen (secondary N) is 3. The van der Waals surface area contributed by atoms with Gasteiger partial charge in [-0.25, -0.2) is 0 Å². The van der Waals surface area contributed by atoms with E-state index in [4.69, 9.17) is 16.3 Å². The molecule has 1 heterocycles. The molecule has 3 N–H and O–H groups in total. The van der Waals surface area contributed by atoms with Crippen molar-refractivity contribution in [1.29, 1.82) is 0 Å². The summed E-state index contributed by atoms with van der Waals surface area (Å²) < 4.78 is 5.48. The van der Waals surface area contributed by atoms with Gasteiger partial charge in [0, 0.05) is 49.9 Å². The van der Waals surface area contributed by atoms with Crippen molar-refractivity contribution in [2.24, 2.45) is 4.99 Å². The summed E-state index contributed by atoms with van der Waals surface area (Å²) >= 11 is 5.85. The lowest BCUT2D eigenvalue weighted by Gasteiger charge is -2.22. The molecule has 1 fully saturated rings. The fraction of sp³-hybridized carbons (Fsp3) is 0.364. The quantitative estimate of drug-likeness (QED) is 0.211. The fourth-order valence-corrected chi connectivity index (χ4v) is 3.56. The summed E-state index contributed by atoms with van der Waals surface area (Å²) in [4.78, 5) is 18.7. The van der Waals surface area contributed by atoms with E-state index in [1.54, 1.807) is 38.4 Å². The second kappa shape index (κ2) is 12.6. The highest BCUT2D eigenvalue weighted by atomic mass is 127. The van der Waals surface area contributed by atoms with Gasteiger partial charge in [0.1, 0.15) is 5.75 Å². The minimum atomic E-state index is -0.125. The molecule has 3 rings (SSSR count). The van der Waals surface area contributed by atoms with Gasteiger partial charge in [-0.05, 0) is 42.8 Å². The number of aliphatic imine (C=N–C) groups is 1. The van der Waals surface area contributed by atoms with E-state index in [0.717, 1.165) is 36.9 Å². The van der Waals surface area contributed by atoms with Crippen LogP contribution in [0.15, 0.2) is 53.5 Å². The average molecular weight is 558 g/mol. The zero-order chi connectivity index (χ0) is 21.3. The van der Waals surface area contributed by atoms with Crippen LogP contribution in [0.4, 0.5) is 5.69 Å². The number of ether oxygens (including phenoxy) is 1. The number of anilines is 1. The number of carbonyl (C=O) groups excluding carboxylic acids is 1. The van der Waals surface area contributed by atoms with Crippen molar-refractivity contribution < 1.29 is 9.53 Å². The Morgan fingerprint density at radius 3 is 2.58 bits per heavy atom. The maximum atomic E-state index is 12.1. The largest absolute Gasteiger partial charge is 0.495 e. The Kier molecular flexibility index (Phi) is 10.2. The lowest BCUT2D eigenvalue weighted by atomic mass is 10.2. The Labute approximate surface area is 205 Å². The van der Waals surface area contributed by atoms with Crippen LogP contribution in [0.3, 0.4) is 0 Å². The van der Waals surface area contributed by atoms with Gasteiger partial charge < -0.3 is 25.6 Å². The molecule has 9 heteroatoms. The van der Waals surface area contributed by atoms with Crippen molar-refractivity contribution in [2.75, 3.05) is 45.2 Å². The van der Waals surface area contributed by atoms with Crippen molar-refractivity contribution in [1.82, 2.24) is 16.0 Å². The van der Waals surface area contributed by atoms with E-state index < -0.39 is 0 Å². The molecule has 0 bridgehead atoms. The van der Waals surface area contributed by atoms with Crippen LogP contribution in [0.25, 0.3) is 0 Å². The monoisotopic (exact) mass is 557 g/mol. The summed E-state index contributed by atoms with van der Waals surface area (Å²) in [6.07, 6.45) is 1.01. The van der Waals surface area contributed by atoms with E-state index >= 15 is 0 Å². The number of rotatable bonds is 7. The van der Waals surface area contributed by atoms with E-state index in [9.17, 15) is 4.79 Å². The molecule has 168 valence electrons. The molecule has 1 aliphatic heterocycles. The van der Waals surface area contributed by atoms with E-state index in [0.29, 0.717) is 23.7 Å². The Balaban J connectivity index is 0.00000341. The van der Waals surface area contributed by atoms with Crippen LogP contribution >= 0.6 is 35.6 Å². The van der Waals surface area contributed by atoms with Gasteiger partial charge in [-0.2, -0.15) is 0 Å². The molecule has 1 atom stereocenters. The molecular formula is C22H29ClIN5O2. The first kappa shape index (κ1) is 25.1. The second-order valence-electron chi connectivity index (χ2n) is 7.01. The van der Waals surface area contributed by atoms with Crippen molar-refractivity contribution in [3.05, 3.63) is 59.1 Å². The molecule has 0 spiro atoms. The molecule has 1 unspecified atom stereocenters. The average Bonchev–Trinajstić information content (AvgIpc) is 3.24. The van der Waals surface area contributed by atoms with Gasteiger partial charge in [0.05, 0.1) is 12.8 Å². The summed E-state index contributed by atoms with van der Waals surface area (Å²) in [7, 11) is 3.44. The maximum Gasteiger partial charge on any atom is 0.251 e. The van der Waals surface area contributed by atoms with Crippen molar-refractivity contribution in [3.8, 4) is 5.75 Å². The molecule has 31 heavy (non-hydrogen) atoms. The third-order valence-electron chi connectivity index (χ3n) is 4.99. The lowest BCUT2D eigenvalue weighted by Crippen LogP contribution is -2.46. The van der Waals surface area contributed by atoms with Crippen molar-refractivity contribution in [2.45, 2.75) is 12.5 Å². The number of methoxy groups -OCH3 is 1. The van der Waals surface area contributed by atoms with Crippen LogP contribution in [0, 0.1) is 0 Å². The van der Waals surface area contributed by atoms with Crippen LogP contribution < -0.4 is 25.6 Å². The Hall–Kier alpha value is -2.20. The number of halogens is 2. The Morgan fingerprint density at radius 1 is 1.16 bits per heavy atom. The van der Waals surface area contributed by atoms with Crippen LogP contribution in [0.5, 0.6) is 5.75 Å². The highest BCUT2D eigenvalue weighted by Crippen LogP contribution is 2.30. The summed E-state index contributed by atoms with van der Waals surface area (Å²) in [6, 6.07) is 15.2. The molecule has 0 aromatic heterocycles. The van der Waals surface area contributed by atoms with Gasteiger partial charge in [0.25, 0.3) is 5.91 Å². The van der Waals surface area contributed by atoms with Crippen LogP contribution in [0.1, 0.15) is 16.8 Å². The van der Waals surface area contributed by atoms with Crippen LogP contribution in [-0.4, -0.2) is 58.2 Å². The maximum absolute atomic E-state index is 12.1. The zero-order valence-electron chi connectivity index (χ0n) is 17.7. The molecule has 0 saturated carbocycles. The van der Waals surface area contributed by atoms with E-state index in [-0.39, 0.29) is 35.9 Å².